The second kappa shape index (κ2) is 8.43. The van der Waals surface area contributed by atoms with Crippen LogP contribution in [0.1, 0.15) is 20.1 Å². The van der Waals surface area contributed by atoms with E-state index in [9.17, 15) is 33.7 Å². The van der Waals surface area contributed by atoms with Crippen LogP contribution in [0.5, 0.6) is 0 Å². The molecule has 1 fully saturated rings. The number of ether oxygens (including phenoxy) is 1. The molecular formula is C13H21N4O13P3. The zero-order valence-corrected chi connectivity index (χ0v) is 19.6. The van der Waals surface area contributed by atoms with E-state index in [0.717, 1.165) is 0 Å². The lowest BCUT2D eigenvalue weighted by molar-refractivity contribution is -0.117. The molecule has 17 nitrogen and oxygen atoms in total. The van der Waals surface area contributed by atoms with E-state index in [1.807, 2.05) is 0 Å². The van der Waals surface area contributed by atoms with E-state index in [1.165, 1.54) is 37.0 Å². The number of anilines is 1. The Bertz CT molecular complexity index is 1200. The molecule has 20 heteroatoms. The molecule has 1 aliphatic rings. The number of nitrogen functional groups attached to an aromatic ring is 1. The fourth-order valence-electron chi connectivity index (χ4n) is 3.34. The van der Waals surface area contributed by atoms with Crippen molar-refractivity contribution < 1.29 is 61.4 Å². The summed E-state index contributed by atoms with van der Waals surface area (Å²) in [5, 5.41) is 22.0. The molecule has 0 aliphatic carbocycles. The number of nitrogens with zero attached hydrogens (tertiary/aromatic N) is 3. The second-order valence-electron chi connectivity index (χ2n) is 7.49. The van der Waals surface area contributed by atoms with Crippen molar-refractivity contribution in [2.75, 3.05) is 12.3 Å². The van der Waals surface area contributed by atoms with Gasteiger partial charge in [-0.05, 0) is 19.9 Å². The highest BCUT2D eigenvalue weighted by atomic mass is 31.3. The molecule has 0 spiro atoms. The van der Waals surface area contributed by atoms with Gasteiger partial charge in [0.05, 0.1) is 12.0 Å². The molecule has 3 rings (SSSR count). The molecule has 2 aromatic rings. The third kappa shape index (κ3) is 5.52. The number of aromatic nitrogens is 3. The first-order valence-electron chi connectivity index (χ1n) is 8.80. The lowest BCUT2D eigenvalue weighted by atomic mass is 9.89. The summed E-state index contributed by atoms with van der Waals surface area (Å²) in [6.07, 6.45) is -0.439. The van der Waals surface area contributed by atoms with Gasteiger partial charge in [-0.1, -0.05) is 0 Å². The summed E-state index contributed by atoms with van der Waals surface area (Å²) in [6.45, 7) is 1.43. The zero-order valence-electron chi connectivity index (χ0n) is 16.9. The van der Waals surface area contributed by atoms with Crippen LogP contribution in [0.4, 0.5) is 5.82 Å². The summed E-state index contributed by atoms with van der Waals surface area (Å²) in [5.41, 5.74) is 2.13. The first-order valence-corrected chi connectivity index (χ1v) is 13.3. The molecule has 186 valence electrons. The van der Waals surface area contributed by atoms with Crippen molar-refractivity contribution >= 4 is 40.3 Å². The Morgan fingerprint density at radius 3 is 2.39 bits per heavy atom. The predicted molar refractivity (Wildman–Crippen MR) is 107 cm³/mol. The van der Waals surface area contributed by atoms with Crippen molar-refractivity contribution in [1.29, 1.82) is 0 Å². The number of phosphoric acid groups is 3. The first-order chi connectivity index (χ1) is 14.9. The number of nitrogens with two attached hydrogens (primary N) is 1. The summed E-state index contributed by atoms with van der Waals surface area (Å²) in [6, 6.07) is 1.54. The Morgan fingerprint density at radius 1 is 1.15 bits per heavy atom. The first kappa shape index (κ1) is 26.3. The smallest absolute Gasteiger partial charge is 0.387 e. The molecule has 1 saturated heterocycles. The molecule has 2 unspecified atom stereocenters. The van der Waals surface area contributed by atoms with Gasteiger partial charge < -0.3 is 44.8 Å². The van der Waals surface area contributed by atoms with Crippen molar-refractivity contribution in [3.63, 3.8) is 0 Å². The molecule has 33 heavy (non-hydrogen) atoms. The number of hydrogen-bond acceptors (Lipinski definition) is 12. The second-order valence-corrected chi connectivity index (χ2v) is 11.9. The third-order valence-electron chi connectivity index (χ3n) is 4.74. The topological polar surface area (TPSA) is 266 Å². The van der Waals surface area contributed by atoms with Crippen molar-refractivity contribution in [2.24, 2.45) is 0 Å². The average Bonchev–Trinajstić information content (AvgIpc) is 3.12. The molecule has 0 bridgehead atoms. The highest BCUT2D eigenvalue weighted by Gasteiger charge is 2.60. The van der Waals surface area contributed by atoms with Crippen LogP contribution in [-0.4, -0.2) is 68.2 Å². The largest absolute Gasteiger partial charge is 0.490 e. The van der Waals surface area contributed by atoms with Crippen molar-refractivity contribution in [3.8, 4) is 0 Å². The van der Waals surface area contributed by atoms with Crippen LogP contribution in [0.15, 0.2) is 18.6 Å². The lowest BCUT2D eigenvalue weighted by Gasteiger charge is -2.30. The van der Waals surface area contributed by atoms with Crippen LogP contribution < -0.4 is 5.73 Å². The SMILES string of the molecule is C[C@]1(O)[C@H](n2ccc3c(N)ncnc32)O[C@](C)(COP(=O)(O)OP(=O)(O)OP(=O)(O)O)[C@H]1O. The third-order valence-corrected chi connectivity index (χ3v) is 8.52. The minimum Gasteiger partial charge on any atom is -0.387 e. The average molecular weight is 534 g/mol. The van der Waals surface area contributed by atoms with Crippen molar-refractivity contribution in [2.45, 2.75) is 37.4 Å². The Balaban J connectivity index is 1.81. The molecule has 3 heterocycles. The van der Waals surface area contributed by atoms with Gasteiger partial charge in [-0.15, -0.1) is 0 Å². The maximum Gasteiger partial charge on any atom is 0.490 e. The van der Waals surface area contributed by atoms with Gasteiger partial charge in [0.1, 0.15) is 35.1 Å². The molecule has 2 aromatic heterocycles. The van der Waals surface area contributed by atoms with Crippen LogP contribution in [0.25, 0.3) is 11.0 Å². The molecule has 1 aliphatic heterocycles. The number of fused-ring (bicyclic) bond motifs is 1. The van der Waals surface area contributed by atoms with Crippen molar-refractivity contribution in [3.05, 3.63) is 18.6 Å². The Morgan fingerprint density at radius 2 is 1.79 bits per heavy atom. The number of hydrogen-bond donors (Lipinski definition) is 7. The van der Waals surface area contributed by atoms with Crippen LogP contribution in [0.3, 0.4) is 0 Å². The minimum absolute atomic E-state index is 0.146. The van der Waals surface area contributed by atoms with Gasteiger partial charge in [-0.3, -0.25) is 4.52 Å². The molecule has 0 saturated carbocycles. The number of aliphatic hydroxyl groups is 2. The van der Waals surface area contributed by atoms with Crippen LogP contribution >= 0.6 is 23.5 Å². The van der Waals surface area contributed by atoms with E-state index in [4.69, 9.17) is 20.3 Å². The Hall–Kier alpha value is -1.29. The highest BCUT2D eigenvalue weighted by molar-refractivity contribution is 7.66. The summed E-state index contributed by atoms with van der Waals surface area (Å²) in [5.74, 6) is 0.146. The summed E-state index contributed by atoms with van der Waals surface area (Å²) in [4.78, 5) is 43.9. The molecule has 8 N–H and O–H groups in total. The normalized spacial score (nSPS) is 32.0. The van der Waals surface area contributed by atoms with E-state index >= 15 is 0 Å². The van der Waals surface area contributed by atoms with Crippen LogP contribution in [0, 0.1) is 0 Å². The molecular weight excluding hydrogens is 513 g/mol. The van der Waals surface area contributed by atoms with Gasteiger partial charge >= 0.3 is 23.5 Å². The maximum absolute atomic E-state index is 12.0. The molecule has 6 atom stereocenters. The maximum atomic E-state index is 12.0. The van der Waals surface area contributed by atoms with Gasteiger partial charge in [0.15, 0.2) is 6.23 Å². The molecule has 0 radical (unpaired) electrons. The quantitative estimate of drug-likeness (QED) is 0.215. The lowest BCUT2D eigenvalue weighted by Crippen LogP contribution is -2.49. The van der Waals surface area contributed by atoms with Gasteiger partial charge in [-0.25, -0.2) is 23.7 Å². The fraction of sp³-hybridized carbons (Fsp3) is 0.538. The van der Waals surface area contributed by atoms with E-state index < -0.39 is 53.6 Å². The highest BCUT2D eigenvalue weighted by Crippen LogP contribution is 2.66. The fourth-order valence-corrected chi connectivity index (χ4v) is 6.45. The Kier molecular flexibility index (Phi) is 6.72. The van der Waals surface area contributed by atoms with E-state index in [1.54, 1.807) is 0 Å². The number of rotatable bonds is 8. The number of aliphatic hydroxyl groups excluding tert-OH is 1. The van der Waals surface area contributed by atoms with Gasteiger partial charge in [0.25, 0.3) is 0 Å². The summed E-state index contributed by atoms with van der Waals surface area (Å²) < 4.78 is 53.1. The van der Waals surface area contributed by atoms with Gasteiger partial charge in [-0.2, -0.15) is 8.62 Å². The minimum atomic E-state index is -5.73. The number of phosphoric ester groups is 1. The van der Waals surface area contributed by atoms with Gasteiger partial charge in [0.2, 0.25) is 0 Å². The van der Waals surface area contributed by atoms with Gasteiger partial charge in [0, 0.05) is 6.20 Å². The summed E-state index contributed by atoms with van der Waals surface area (Å²) >= 11 is 0. The standard InChI is InChI=1S/C13H21N4O13P3/c1-12(5-27-32(23,24)30-33(25,26)29-31(20,21)22)10(18)13(2,19)11(28-12)17-4-3-7-8(14)15-6-16-9(7)17/h3-4,6,10-11,18-19H,5H2,1-2H3,(H,23,24)(H,25,26)(H2,14,15,16)(H2,20,21,22)/t10-,11-,12-,13-/m1/s1. The zero-order chi connectivity index (χ0) is 25.0. The van der Waals surface area contributed by atoms with E-state index in [2.05, 4.69) is 23.1 Å². The molecule has 0 aromatic carbocycles. The van der Waals surface area contributed by atoms with E-state index in [0.29, 0.717) is 5.39 Å². The molecule has 0 amide bonds. The Labute approximate surface area is 185 Å². The van der Waals surface area contributed by atoms with Crippen LogP contribution in [-0.2, 0) is 31.6 Å². The van der Waals surface area contributed by atoms with E-state index in [-0.39, 0.29) is 11.5 Å². The van der Waals surface area contributed by atoms with Crippen molar-refractivity contribution in [1.82, 2.24) is 14.5 Å². The summed E-state index contributed by atoms with van der Waals surface area (Å²) in [7, 11) is -16.8. The van der Waals surface area contributed by atoms with Crippen LogP contribution in [0.2, 0.25) is 0 Å². The monoisotopic (exact) mass is 534 g/mol. The predicted octanol–water partition coefficient (Wildman–Crippen LogP) is -0.244.